The van der Waals surface area contributed by atoms with Crippen LogP contribution in [0.2, 0.25) is 0 Å². The Hall–Kier alpha value is -3.76. The second-order valence-electron chi connectivity index (χ2n) is 8.65. The maximum atomic E-state index is 12.5. The third kappa shape index (κ3) is 6.27. The van der Waals surface area contributed by atoms with Crippen molar-refractivity contribution in [2.45, 2.75) is 38.6 Å². The summed E-state index contributed by atoms with van der Waals surface area (Å²) in [5, 5.41) is 8.56. The molecule has 1 saturated heterocycles. The molecule has 1 atom stereocenters. The van der Waals surface area contributed by atoms with E-state index < -0.39 is 0 Å². The highest BCUT2D eigenvalue weighted by molar-refractivity contribution is 7.12. The quantitative estimate of drug-likeness (QED) is 0.340. The summed E-state index contributed by atoms with van der Waals surface area (Å²) in [4.78, 5) is 35.4. The minimum atomic E-state index is -0.280. The van der Waals surface area contributed by atoms with Crippen molar-refractivity contribution in [3.05, 3.63) is 76.1 Å². The Kier molecular flexibility index (Phi) is 7.53. The van der Waals surface area contributed by atoms with Gasteiger partial charge in [-0.15, -0.1) is 11.3 Å². The molecule has 4 aromatic heterocycles. The molecule has 9 nitrogen and oxygen atoms in total. The molecule has 0 unspecified atom stereocenters. The molecule has 0 radical (unpaired) electrons. The summed E-state index contributed by atoms with van der Waals surface area (Å²) < 4.78 is 5.52. The van der Waals surface area contributed by atoms with Crippen molar-refractivity contribution in [2.24, 2.45) is 0 Å². The Bertz CT molecular complexity index is 1340. The van der Waals surface area contributed by atoms with Gasteiger partial charge in [0.1, 0.15) is 34.6 Å². The van der Waals surface area contributed by atoms with Crippen LogP contribution in [-0.4, -0.2) is 50.1 Å². The van der Waals surface area contributed by atoms with Crippen LogP contribution < -0.4 is 10.6 Å². The minimum Gasteiger partial charge on any atom is -0.460 e. The lowest BCUT2D eigenvalue weighted by atomic mass is 10.1. The van der Waals surface area contributed by atoms with Crippen molar-refractivity contribution in [2.75, 3.05) is 18.5 Å². The fraction of sp³-hybridized carbons (Fsp3) is 0.308. The first-order chi connectivity index (χ1) is 17.6. The number of pyridine rings is 1. The standard InChI is InChI=1S/C26H27N7O2S/c1-17-5-4-7-20(30-17)25-29-12-9-23(33-25)31-22-8-11-28-24(32-22)14-18-13-21(36-16-18)26(34)35-15-19-6-2-3-10-27-19/h4-5,7-9,11-13,16,19,27H,2-3,6,10,14-15H2,1H3,(H,28,29,31,32,33)/t19-/m0/s1. The summed E-state index contributed by atoms with van der Waals surface area (Å²) in [6, 6.07) is 11.4. The van der Waals surface area contributed by atoms with Crippen molar-refractivity contribution in [3.63, 3.8) is 0 Å². The number of piperidine rings is 1. The van der Waals surface area contributed by atoms with E-state index in [4.69, 9.17) is 4.74 Å². The fourth-order valence-corrected chi connectivity index (χ4v) is 4.78. The minimum absolute atomic E-state index is 0.254. The lowest BCUT2D eigenvalue weighted by Crippen LogP contribution is -2.38. The number of carbonyl (C=O) groups is 1. The van der Waals surface area contributed by atoms with Crippen LogP contribution in [0.15, 0.2) is 54.2 Å². The Morgan fingerprint density at radius 3 is 2.81 bits per heavy atom. The summed E-state index contributed by atoms with van der Waals surface area (Å²) in [5.41, 5.74) is 2.58. The molecule has 1 aliphatic heterocycles. The van der Waals surface area contributed by atoms with Crippen LogP contribution in [0.3, 0.4) is 0 Å². The monoisotopic (exact) mass is 501 g/mol. The van der Waals surface area contributed by atoms with Crippen molar-refractivity contribution in [1.82, 2.24) is 30.2 Å². The molecular formula is C26H27N7O2S. The van der Waals surface area contributed by atoms with E-state index in [9.17, 15) is 4.79 Å². The maximum absolute atomic E-state index is 12.5. The summed E-state index contributed by atoms with van der Waals surface area (Å²) in [7, 11) is 0. The van der Waals surface area contributed by atoms with Crippen LogP contribution in [0.25, 0.3) is 11.5 Å². The highest BCUT2D eigenvalue weighted by Gasteiger charge is 2.17. The van der Waals surface area contributed by atoms with Crippen LogP contribution in [0, 0.1) is 6.92 Å². The average Bonchev–Trinajstić information content (AvgIpc) is 3.37. The first-order valence-electron chi connectivity index (χ1n) is 12.0. The van der Waals surface area contributed by atoms with Gasteiger partial charge in [0.15, 0.2) is 5.82 Å². The van der Waals surface area contributed by atoms with E-state index in [1.165, 1.54) is 24.2 Å². The van der Waals surface area contributed by atoms with E-state index in [0.29, 0.717) is 46.9 Å². The zero-order valence-corrected chi connectivity index (χ0v) is 20.8. The van der Waals surface area contributed by atoms with Gasteiger partial charge >= 0.3 is 5.97 Å². The zero-order valence-electron chi connectivity index (χ0n) is 20.0. The Morgan fingerprint density at radius 1 is 1.11 bits per heavy atom. The van der Waals surface area contributed by atoms with Crippen molar-refractivity contribution < 1.29 is 9.53 Å². The van der Waals surface area contributed by atoms with Gasteiger partial charge in [-0.05, 0) is 67.6 Å². The van der Waals surface area contributed by atoms with E-state index in [-0.39, 0.29) is 12.0 Å². The van der Waals surface area contributed by atoms with E-state index in [2.05, 4.69) is 35.6 Å². The number of nitrogens with zero attached hydrogens (tertiary/aromatic N) is 5. The molecule has 184 valence electrons. The number of ether oxygens (including phenoxy) is 1. The fourth-order valence-electron chi connectivity index (χ4n) is 3.98. The summed E-state index contributed by atoms with van der Waals surface area (Å²) in [6.45, 7) is 3.33. The van der Waals surface area contributed by atoms with Gasteiger partial charge in [0.05, 0.1) is 0 Å². The summed E-state index contributed by atoms with van der Waals surface area (Å²) in [6.07, 6.45) is 7.30. The summed E-state index contributed by atoms with van der Waals surface area (Å²) in [5.74, 6) is 2.13. The van der Waals surface area contributed by atoms with E-state index >= 15 is 0 Å². The number of nitrogens with one attached hydrogen (secondary N) is 2. The average molecular weight is 502 g/mol. The normalized spacial score (nSPS) is 15.4. The van der Waals surface area contributed by atoms with E-state index in [1.54, 1.807) is 24.5 Å². The molecule has 5 heterocycles. The van der Waals surface area contributed by atoms with Crippen LogP contribution >= 0.6 is 11.3 Å². The molecule has 0 aliphatic carbocycles. The Labute approximate surface area is 213 Å². The number of anilines is 2. The van der Waals surface area contributed by atoms with Gasteiger partial charge in [-0.2, -0.15) is 0 Å². The Morgan fingerprint density at radius 2 is 1.97 bits per heavy atom. The second-order valence-corrected chi connectivity index (χ2v) is 9.57. The SMILES string of the molecule is Cc1cccc(-c2nccc(Nc3ccnc(Cc4csc(C(=O)OC[C@@H]5CCCCN5)c4)n3)n2)n1. The number of esters is 1. The highest BCUT2D eigenvalue weighted by atomic mass is 32.1. The molecule has 1 aliphatic rings. The maximum Gasteiger partial charge on any atom is 0.348 e. The molecule has 4 aromatic rings. The first kappa shape index (κ1) is 24.0. The lowest BCUT2D eigenvalue weighted by Gasteiger charge is -2.22. The third-order valence-corrected chi connectivity index (χ3v) is 6.74. The molecule has 36 heavy (non-hydrogen) atoms. The molecule has 2 N–H and O–H groups in total. The molecule has 0 spiro atoms. The van der Waals surface area contributed by atoms with E-state index in [0.717, 1.165) is 24.2 Å². The number of rotatable bonds is 8. The molecular weight excluding hydrogens is 474 g/mol. The third-order valence-electron chi connectivity index (χ3n) is 5.78. The van der Waals surface area contributed by atoms with Crippen molar-refractivity contribution in [1.29, 1.82) is 0 Å². The van der Waals surface area contributed by atoms with Gasteiger partial charge in [-0.3, -0.25) is 0 Å². The number of carbonyl (C=O) groups excluding carboxylic acids is 1. The van der Waals surface area contributed by atoms with Crippen LogP contribution in [0.5, 0.6) is 0 Å². The topological polar surface area (TPSA) is 115 Å². The van der Waals surface area contributed by atoms with Gasteiger partial charge in [0, 0.05) is 30.6 Å². The number of thiophene rings is 1. The molecule has 1 fully saturated rings. The Balaban J connectivity index is 1.21. The molecule has 0 amide bonds. The predicted molar refractivity (Wildman–Crippen MR) is 138 cm³/mol. The van der Waals surface area contributed by atoms with Crippen molar-refractivity contribution >= 4 is 28.9 Å². The van der Waals surface area contributed by atoms with E-state index in [1.807, 2.05) is 36.6 Å². The predicted octanol–water partition coefficient (Wildman–Crippen LogP) is 4.33. The first-order valence-corrected chi connectivity index (χ1v) is 12.8. The number of aromatic nitrogens is 5. The molecule has 0 saturated carbocycles. The molecule has 0 bridgehead atoms. The number of hydrogen-bond donors (Lipinski definition) is 2. The molecule has 10 heteroatoms. The van der Waals surface area contributed by atoms with Crippen LogP contribution in [-0.2, 0) is 11.2 Å². The van der Waals surface area contributed by atoms with Crippen LogP contribution in [0.1, 0.15) is 46.0 Å². The number of hydrogen-bond acceptors (Lipinski definition) is 10. The van der Waals surface area contributed by atoms with Gasteiger partial charge in [0.25, 0.3) is 0 Å². The summed E-state index contributed by atoms with van der Waals surface area (Å²) >= 11 is 1.38. The largest absolute Gasteiger partial charge is 0.460 e. The smallest absolute Gasteiger partial charge is 0.348 e. The van der Waals surface area contributed by atoms with Gasteiger partial charge in [0.2, 0.25) is 0 Å². The van der Waals surface area contributed by atoms with Gasteiger partial charge in [-0.25, -0.2) is 29.7 Å². The lowest BCUT2D eigenvalue weighted by molar-refractivity contribution is 0.0457. The highest BCUT2D eigenvalue weighted by Crippen LogP contribution is 2.20. The molecule has 0 aromatic carbocycles. The van der Waals surface area contributed by atoms with Crippen molar-refractivity contribution in [3.8, 4) is 11.5 Å². The number of aryl methyl sites for hydroxylation is 1. The molecule has 5 rings (SSSR count). The second kappa shape index (κ2) is 11.3. The van der Waals surface area contributed by atoms with Gasteiger partial charge in [-0.1, -0.05) is 12.5 Å². The van der Waals surface area contributed by atoms with Gasteiger partial charge < -0.3 is 15.4 Å². The van der Waals surface area contributed by atoms with Crippen LogP contribution in [0.4, 0.5) is 11.6 Å². The zero-order chi connectivity index (χ0) is 24.7.